The molecule has 1 saturated heterocycles. The summed E-state index contributed by atoms with van der Waals surface area (Å²) in [6, 6.07) is 3.08. The van der Waals surface area contributed by atoms with Crippen LogP contribution in [0.2, 0.25) is 0 Å². The van der Waals surface area contributed by atoms with Crippen LogP contribution in [0.4, 0.5) is 0 Å². The molecule has 0 saturated carbocycles. The fourth-order valence-corrected chi connectivity index (χ4v) is 3.86. The lowest BCUT2D eigenvalue weighted by atomic mass is 10.0. The third-order valence-corrected chi connectivity index (χ3v) is 5.27. The zero-order chi connectivity index (χ0) is 15.5. The highest BCUT2D eigenvalue weighted by Gasteiger charge is 2.32. The van der Waals surface area contributed by atoms with Crippen LogP contribution in [-0.2, 0) is 15.0 Å². The first-order chi connectivity index (χ1) is 9.90. The van der Waals surface area contributed by atoms with Crippen molar-refractivity contribution in [3.05, 3.63) is 30.1 Å². The molecule has 21 heavy (non-hydrogen) atoms. The van der Waals surface area contributed by atoms with Crippen LogP contribution in [0.15, 0.2) is 24.5 Å². The summed E-state index contributed by atoms with van der Waals surface area (Å²) in [5, 5.41) is 9.03. The lowest BCUT2D eigenvalue weighted by molar-refractivity contribution is -0.142. The van der Waals surface area contributed by atoms with Crippen LogP contribution >= 0.6 is 0 Å². The highest BCUT2D eigenvalue weighted by molar-refractivity contribution is 7.87. The lowest BCUT2D eigenvalue weighted by Gasteiger charge is -2.30. The van der Waals surface area contributed by atoms with Gasteiger partial charge in [0.2, 0.25) is 0 Å². The summed E-state index contributed by atoms with van der Waals surface area (Å²) in [5.41, 5.74) is 0.806. The van der Waals surface area contributed by atoms with Gasteiger partial charge in [0.1, 0.15) is 0 Å². The van der Waals surface area contributed by atoms with Crippen molar-refractivity contribution in [1.82, 2.24) is 14.0 Å². The fourth-order valence-electron chi connectivity index (χ4n) is 2.38. The molecule has 2 atom stereocenters. The van der Waals surface area contributed by atoms with Gasteiger partial charge in [0.25, 0.3) is 10.2 Å². The van der Waals surface area contributed by atoms with Crippen molar-refractivity contribution in [3.63, 3.8) is 0 Å². The largest absolute Gasteiger partial charge is 0.481 e. The van der Waals surface area contributed by atoms with E-state index < -0.39 is 28.1 Å². The molecule has 1 fully saturated rings. The van der Waals surface area contributed by atoms with Crippen molar-refractivity contribution < 1.29 is 18.3 Å². The number of carboxylic acids is 1. The van der Waals surface area contributed by atoms with Crippen molar-refractivity contribution >= 4 is 16.2 Å². The molecule has 0 radical (unpaired) electrons. The molecule has 2 N–H and O–H groups in total. The van der Waals surface area contributed by atoms with Crippen LogP contribution < -0.4 is 4.72 Å². The van der Waals surface area contributed by atoms with Gasteiger partial charge in [-0.05, 0) is 37.5 Å². The second-order valence-electron chi connectivity index (χ2n) is 5.16. The van der Waals surface area contributed by atoms with Gasteiger partial charge >= 0.3 is 5.97 Å². The van der Waals surface area contributed by atoms with E-state index in [0.29, 0.717) is 19.4 Å². The Hall–Kier alpha value is -1.51. The molecule has 0 spiro atoms. The van der Waals surface area contributed by atoms with Crippen molar-refractivity contribution in [2.75, 3.05) is 13.1 Å². The van der Waals surface area contributed by atoms with E-state index in [-0.39, 0.29) is 6.54 Å². The summed E-state index contributed by atoms with van der Waals surface area (Å²) >= 11 is 0. The van der Waals surface area contributed by atoms with Crippen LogP contribution in [-0.4, -0.2) is 41.9 Å². The number of nitrogens with zero attached hydrogens (tertiary/aromatic N) is 2. The Kier molecular flexibility index (Phi) is 4.92. The van der Waals surface area contributed by atoms with E-state index in [4.69, 9.17) is 5.11 Å². The third kappa shape index (κ3) is 3.99. The maximum atomic E-state index is 12.3. The second-order valence-corrected chi connectivity index (χ2v) is 6.86. The molecule has 0 aliphatic carbocycles. The van der Waals surface area contributed by atoms with E-state index in [9.17, 15) is 13.2 Å². The zero-order valence-corrected chi connectivity index (χ0v) is 12.6. The first kappa shape index (κ1) is 15.9. The molecular formula is C13H19N3O4S. The molecule has 1 unspecified atom stereocenters. The summed E-state index contributed by atoms with van der Waals surface area (Å²) in [4.78, 5) is 14.9. The average Bonchev–Trinajstić information content (AvgIpc) is 2.48. The topological polar surface area (TPSA) is 99.6 Å². The predicted molar refractivity (Wildman–Crippen MR) is 76.6 cm³/mol. The number of rotatable bonds is 5. The monoisotopic (exact) mass is 313 g/mol. The van der Waals surface area contributed by atoms with E-state index in [1.807, 2.05) is 0 Å². The first-order valence-electron chi connectivity index (χ1n) is 6.80. The minimum atomic E-state index is -3.70. The molecule has 0 amide bonds. The summed E-state index contributed by atoms with van der Waals surface area (Å²) in [7, 11) is -3.70. The van der Waals surface area contributed by atoms with Gasteiger partial charge in [-0.3, -0.25) is 9.78 Å². The van der Waals surface area contributed by atoms with E-state index in [2.05, 4.69) is 9.71 Å². The number of hydrogen-bond donors (Lipinski definition) is 2. The van der Waals surface area contributed by atoms with Gasteiger partial charge < -0.3 is 5.11 Å². The quantitative estimate of drug-likeness (QED) is 0.836. The van der Waals surface area contributed by atoms with Gasteiger partial charge in [0, 0.05) is 31.5 Å². The van der Waals surface area contributed by atoms with Crippen LogP contribution in [0.25, 0.3) is 0 Å². The Bertz CT molecular complexity index is 591. The Morgan fingerprint density at radius 1 is 1.48 bits per heavy atom. The normalized spacial score (nSPS) is 21.9. The molecule has 8 heteroatoms. The smallest absolute Gasteiger partial charge is 0.307 e. The van der Waals surface area contributed by atoms with Crippen LogP contribution in [0.1, 0.15) is 31.4 Å². The molecule has 1 aliphatic heterocycles. The Morgan fingerprint density at radius 3 is 2.76 bits per heavy atom. The van der Waals surface area contributed by atoms with Gasteiger partial charge in [-0.2, -0.15) is 17.4 Å². The number of piperidine rings is 1. The van der Waals surface area contributed by atoms with Gasteiger partial charge in [-0.1, -0.05) is 0 Å². The van der Waals surface area contributed by atoms with Crippen molar-refractivity contribution in [2.45, 2.75) is 25.8 Å². The number of carbonyl (C=O) groups is 1. The van der Waals surface area contributed by atoms with Crippen LogP contribution in [0.3, 0.4) is 0 Å². The first-order valence-corrected chi connectivity index (χ1v) is 8.24. The number of nitrogens with one attached hydrogen (secondary N) is 1. The minimum absolute atomic E-state index is 0.0216. The van der Waals surface area contributed by atoms with Crippen molar-refractivity contribution in [2.24, 2.45) is 5.92 Å². The molecule has 1 aliphatic rings. The van der Waals surface area contributed by atoms with E-state index in [1.165, 1.54) is 4.31 Å². The number of carboxylic acid groups (broad SMARTS) is 1. The summed E-state index contributed by atoms with van der Waals surface area (Å²) in [5.74, 6) is -1.58. The van der Waals surface area contributed by atoms with Crippen molar-refractivity contribution in [3.8, 4) is 0 Å². The van der Waals surface area contributed by atoms with E-state index in [0.717, 1.165) is 5.56 Å². The lowest BCUT2D eigenvalue weighted by Crippen LogP contribution is -2.47. The Labute approximate surface area is 124 Å². The van der Waals surface area contributed by atoms with Gasteiger partial charge in [0.05, 0.1) is 5.92 Å². The number of aliphatic carboxylic acids is 1. The third-order valence-electron chi connectivity index (χ3n) is 3.61. The maximum absolute atomic E-state index is 12.3. The number of aromatic nitrogens is 1. The molecular weight excluding hydrogens is 294 g/mol. The second kappa shape index (κ2) is 6.50. The van der Waals surface area contributed by atoms with Crippen molar-refractivity contribution in [1.29, 1.82) is 0 Å². The molecule has 2 heterocycles. The minimum Gasteiger partial charge on any atom is -0.481 e. The SMILES string of the molecule is C[C@H](NS(=O)(=O)N1CCCC(C(=O)O)C1)c1ccncc1. The number of hydrogen-bond acceptors (Lipinski definition) is 4. The molecule has 0 aromatic carbocycles. The molecule has 1 aromatic heterocycles. The highest BCUT2D eigenvalue weighted by atomic mass is 32.2. The zero-order valence-electron chi connectivity index (χ0n) is 11.8. The maximum Gasteiger partial charge on any atom is 0.307 e. The summed E-state index contributed by atoms with van der Waals surface area (Å²) in [6.45, 7) is 2.11. The van der Waals surface area contributed by atoms with Gasteiger partial charge in [-0.15, -0.1) is 0 Å². The standard InChI is InChI=1S/C13H19N3O4S/c1-10(11-4-6-14-7-5-11)15-21(19,20)16-8-2-3-12(9-16)13(17)18/h4-7,10,12,15H,2-3,8-9H2,1H3,(H,17,18)/t10-,12?/m0/s1. The molecule has 1 aromatic rings. The molecule has 2 rings (SSSR count). The van der Waals surface area contributed by atoms with E-state index in [1.54, 1.807) is 31.5 Å². The fraction of sp³-hybridized carbons (Fsp3) is 0.538. The van der Waals surface area contributed by atoms with Crippen LogP contribution in [0, 0.1) is 5.92 Å². The predicted octanol–water partition coefficient (Wildman–Crippen LogP) is 0.774. The van der Waals surface area contributed by atoms with Crippen LogP contribution in [0.5, 0.6) is 0 Å². The number of pyridine rings is 1. The average molecular weight is 313 g/mol. The van der Waals surface area contributed by atoms with Gasteiger partial charge in [0.15, 0.2) is 0 Å². The van der Waals surface area contributed by atoms with Gasteiger partial charge in [-0.25, -0.2) is 0 Å². The molecule has 0 bridgehead atoms. The molecule has 7 nitrogen and oxygen atoms in total. The van der Waals surface area contributed by atoms with E-state index >= 15 is 0 Å². The Balaban J connectivity index is 2.06. The summed E-state index contributed by atoms with van der Waals surface area (Å²) in [6.07, 6.45) is 4.27. The molecule has 116 valence electrons. The highest BCUT2D eigenvalue weighted by Crippen LogP contribution is 2.20. The Morgan fingerprint density at radius 2 is 2.14 bits per heavy atom. The summed E-state index contributed by atoms with van der Waals surface area (Å²) < 4.78 is 28.5.